The van der Waals surface area contributed by atoms with Crippen molar-refractivity contribution in [1.29, 1.82) is 0 Å². The van der Waals surface area contributed by atoms with Crippen LogP contribution in [0.2, 0.25) is 0 Å². The second-order valence-electron chi connectivity index (χ2n) is 5.21. The van der Waals surface area contributed by atoms with Gasteiger partial charge in [-0.05, 0) is 31.0 Å². The van der Waals surface area contributed by atoms with E-state index in [2.05, 4.69) is 16.8 Å². The summed E-state index contributed by atoms with van der Waals surface area (Å²) in [5.74, 6) is -0.127. The standard InChI is InChI=1S/C15H22N2O2/c1-11(2)9-13(17-7-5-16-6-8-17)12-3-4-14(18)15(19)10-12/h3-4,10,13,16,18-19H,1,5-9H2,2H3/t13-/m0/s1. The minimum absolute atomic E-state index is 0.0562. The van der Waals surface area contributed by atoms with E-state index in [0.29, 0.717) is 0 Å². The smallest absolute Gasteiger partial charge is 0.157 e. The Bertz CT molecular complexity index is 453. The molecule has 19 heavy (non-hydrogen) atoms. The summed E-state index contributed by atoms with van der Waals surface area (Å²) in [5.41, 5.74) is 2.15. The molecular weight excluding hydrogens is 240 g/mol. The summed E-state index contributed by atoms with van der Waals surface area (Å²) in [6.07, 6.45) is 0.865. The Morgan fingerprint density at radius 2 is 2.00 bits per heavy atom. The minimum Gasteiger partial charge on any atom is -0.504 e. The van der Waals surface area contributed by atoms with Crippen LogP contribution in [0.4, 0.5) is 0 Å². The molecule has 1 aliphatic heterocycles. The van der Waals surface area contributed by atoms with E-state index >= 15 is 0 Å². The minimum atomic E-state index is -0.0712. The molecule has 4 nitrogen and oxygen atoms in total. The van der Waals surface area contributed by atoms with Crippen molar-refractivity contribution < 1.29 is 10.2 Å². The molecule has 0 saturated carbocycles. The van der Waals surface area contributed by atoms with E-state index in [1.54, 1.807) is 12.1 Å². The van der Waals surface area contributed by atoms with E-state index in [4.69, 9.17) is 0 Å². The van der Waals surface area contributed by atoms with E-state index in [0.717, 1.165) is 43.7 Å². The first kappa shape index (κ1) is 13.9. The van der Waals surface area contributed by atoms with Gasteiger partial charge in [-0.15, -0.1) is 6.58 Å². The molecule has 0 bridgehead atoms. The molecule has 1 fully saturated rings. The van der Waals surface area contributed by atoms with Gasteiger partial charge in [0.15, 0.2) is 11.5 Å². The number of phenolic OH excluding ortho intramolecular Hbond substituents is 2. The number of hydrogen-bond donors (Lipinski definition) is 3. The van der Waals surface area contributed by atoms with E-state index < -0.39 is 0 Å². The normalized spacial score (nSPS) is 18.2. The van der Waals surface area contributed by atoms with Crippen LogP contribution < -0.4 is 5.32 Å². The molecule has 1 saturated heterocycles. The van der Waals surface area contributed by atoms with Crippen molar-refractivity contribution in [3.63, 3.8) is 0 Å². The average molecular weight is 262 g/mol. The van der Waals surface area contributed by atoms with Crippen LogP contribution in [0.5, 0.6) is 11.5 Å². The number of hydrogen-bond acceptors (Lipinski definition) is 4. The Kier molecular flexibility index (Phi) is 4.45. The molecule has 0 aromatic heterocycles. The van der Waals surface area contributed by atoms with Crippen LogP contribution in [-0.4, -0.2) is 41.3 Å². The van der Waals surface area contributed by atoms with Gasteiger partial charge in [0.1, 0.15) is 0 Å². The fraction of sp³-hybridized carbons (Fsp3) is 0.467. The first-order valence-corrected chi connectivity index (χ1v) is 6.69. The van der Waals surface area contributed by atoms with Crippen molar-refractivity contribution >= 4 is 0 Å². The van der Waals surface area contributed by atoms with Crippen LogP contribution in [0.25, 0.3) is 0 Å². The summed E-state index contributed by atoms with van der Waals surface area (Å²) in [7, 11) is 0. The van der Waals surface area contributed by atoms with Crippen molar-refractivity contribution in [3.8, 4) is 11.5 Å². The lowest BCUT2D eigenvalue weighted by atomic mass is 9.97. The topological polar surface area (TPSA) is 55.7 Å². The maximum Gasteiger partial charge on any atom is 0.157 e. The lowest BCUT2D eigenvalue weighted by Crippen LogP contribution is -2.45. The van der Waals surface area contributed by atoms with Gasteiger partial charge in [0.05, 0.1) is 0 Å². The third-order valence-electron chi connectivity index (χ3n) is 3.52. The number of benzene rings is 1. The molecule has 0 amide bonds. The Morgan fingerprint density at radius 1 is 1.32 bits per heavy atom. The average Bonchev–Trinajstić information content (AvgIpc) is 2.40. The second-order valence-corrected chi connectivity index (χ2v) is 5.21. The van der Waals surface area contributed by atoms with Gasteiger partial charge in [-0.25, -0.2) is 0 Å². The van der Waals surface area contributed by atoms with Gasteiger partial charge in [-0.3, -0.25) is 4.90 Å². The van der Waals surface area contributed by atoms with E-state index in [1.165, 1.54) is 0 Å². The number of rotatable bonds is 4. The third kappa shape index (κ3) is 3.49. The zero-order valence-electron chi connectivity index (χ0n) is 11.4. The van der Waals surface area contributed by atoms with Crippen molar-refractivity contribution in [2.75, 3.05) is 26.2 Å². The van der Waals surface area contributed by atoms with Crippen LogP contribution in [0.15, 0.2) is 30.4 Å². The second kappa shape index (κ2) is 6.08. The van der Waals surface area contributed by atoms with E-state index in [-0.39, 0.29) is 17.5 Å². The zero-order chi connectivity index (χ0) is 13.8. The largest absolute Gasteiger partial charge is 0.504 e. The first-order valence-electron chi connectivity index (χ1n) is 6.69. The molecule has 2 rings (SSSR count). The molecule has 3 N–H and O–H groups in total. The Labute approximate surface area is 114 Å². The van der Waals surface area contributed by atoms with Gasteiger partial charge in [0.25, 0.3) is 0 Å². The van der Waals surface area contributed by atoms with Crippen LogP contribution in [0.1, 0.15) is 24.9 Å². The molecule has 1 aromatic rings. The Morgan fingerprint density at radius 3 is 2.58 bits per heavy atom. The number of phenols is 2. The summed E-state index contributed by atoms with van der Waals surface area (Å²) in [4.78, 5) is 2.40. The van der Waals surface area contributed by atoms with Crippen molar-refractivity contribution in [2.45, 2.75) is 19.4 Å². The zero-order valence-corrected chi connectivity index (χ0v) is 11.4. The molecule has 0 aliphatic carbocycles. The highest BCUT2D eigenvalue weighted by Gasteiger charge is 2.22. The lowest BCUT2D eigenvalue weighted by molar-refractivity contribution is 0.172. The predicted molar refractivity (Wildman–Crippen MR) is 76.4 cm³/mol. The van der Waals surface area contributed by atoms with Crippen LogP contribution in [0.3, 0.4) is 0 Å². The van der Waals surface area contributed by atoms with Crippen molar-refractivity contribution in [1.82, 2.24) is 10.2 Å². The van der Waals surface area contributed by atoms with Crippen molar-refractivity contribution in [2.24, 2.45) is 0 Å². The van der Waals surface area contributed by atoms with Gasteiger partial charge >= 0.3 is 0 Å². The molecule has 0 radical (unpaired) electrons. The number of nitrogens with one attached hydrogen (secondary N) is 1. The number of nitrogens with zero attached hydrogens (tertiary/aromatic N) is 1. The number of piperazine rings is 1. The van der Waals surface area contributed by atoms with Gasteiger partial charge in [-0.2, -0.15) is 0 Å². The van der Waals surface area contributed by atoms with Gasteiger partial charge < -0.3 is 15.5 Å². The summed E-state index contributed by atoms with van der Waals surface area (Å²) < 4.78 is 0. The highest BCUT2D eigenvalue weighted by atomic mass is 16.3. The molecular formula is C15H22N2O2. The van der Waals surface area contributed by atoms with Crippen LogP contribution in [-0.2, 0) is 0 Å². The fourth-order valence-electron chi connectivity index (χ4n) is 2.53. The fourth-order valence-corrected chi connectivity index (χ4v) is 2.53. The Balaban J connectivity index is 2.24. The van der Waals surface area contributed by atoms with Crippen LogP contribution >= 0.6 is 0 Å². The van der Waals surface area contributed by atoms with Gasteiger partial charge in [0, 0.05) is 32.2 Å². The number of aromatic hydroxyl groups is 2. The third-order valence-corrected chi connectivity index (χ3v) is 3.52. The van der Waals surface area contributed by atoms with Gasteiger partial charge in [-0.1, -0.05) is 11.6 Å². The molecule has 0 unspecified atom stereocenters. The monoisotopic (exact) mass is 262 g/mol. The highest BCUT2D eigenvalue weighted by molar-refractivity contribution is 5.41. The first-order chi connectivity index (χ1) is 9.08. The summed E-state index contributed by atoms with van der Waals surface area (Å²) in [5, 5.41) is 22.4. The highest BCUT2D eigenvalue weighted by Crippen LogP contribution is 2.33. The molecule has 4 heteroatoms. The molecule has 1 atom stereocenters. The summed E-state index contributed by atoms with van der Waals surface area (Å²) in [6, 6.07) is 5.31. The van der Waals surface area contributed by atoms with Gasteiger partial charge in [0.2, 0.25) is 0 Å². The SMILES string of the molecule is C=C(C)C[C@@H](c1ccc(O)c(O)c1)N1CCNCC1. The lowest BCUT2D eigenvalue weighted by Gasteiger charge is -2.35. The molecule has 0 spiro atoms. The molecule has 1 aromatic carbocycles. The van der Waals surface area contributed by atoms with E-state index in [1.807, 2.05) is 13.0 Å². The summed E-state index contributed by atoms with van der Waals surface area (Å²) >= 11 is 0. The predicted octanol–water partition coefficient (Wildman–Crippen LogP) is 2.01. The summed E-state index contributed by atoms with van der Waals surface area (Å²) in [6.45, 7) is 9.96. The van der Waals surface area contributed by atoms with E-state index in [9.17, 15) is 10.2 Å². The maximum absolute atomic E-state index is 9.68. The Hall–Kier alpha value is -1.52. The van der Waals surface area contributed by atoms with Crippen molar-refractivity contribution in [3.05, 3.63) is 35.9 Å². The molecule has 1 heterocycles. The maximum atomic E-state index is 9.68. The molecule has 1 aliphatic rings. The quantitative estimate of drug-likeness (QED) is 0.574. The molecule has 104 valence electrons. The van der Waals surface area contributed by atoms with Crippen LogP contribution in [0, 0.1) is 0 Å².